The highest BCUT2D eigenvalue weighted by molar-refractivity contribution is 7.10. The van der Waals surface area contributed by atoms with E-state index in [9.17, 15) is 4.79 Å². The molecule has 0 aromatic carbocycles. The van der Waals surface area contributed by atoms with Crippen LogP contribution in [-0.4, -0.2) is 27.3 Å². The molecule has 1 aliphatic rings. The van der Waals surface area contributed by atoms with Crippen molar-refractivity contribution in [3.8, 4) is 0 Å². The fraction of sp³-hybridized carbons (Fsp3) is 0.357. The third-order valence-corrected chi connectivity index (χ3v) is 4.52. The molecule has 1 amide bonds. The Balaban J connectivity index is 1.92. The number of fused-ring (bicyclic) bond motifs is 1. The Kier molecular flexibility index (Phi) is 3.29. The smallest absolute Gasteiger partial charge is 0.274 e. The molecular formula is C14H15N3OS. The summed E-state index contributed by atoms with van der Waals surface area (Å²) >= 11 is 1.79. The normalized spacial score (nSPS) is 18.2. The lowest BCUT2D eigenvalue weighted by Gasteiger charge is -2.35. The van der Waals surface area contributed by atoms with Gasteiger partial charge in [0.2, 0.25) is 0 Å². The molecule has 3 rings (SSSR count). The van der Waals surface area contributed by atoms with E-state index >= 15 is 0 Å². The zero-order chi connectivity index (χ0) is 13.2. The molecular weight excluding hydrogens is 258 g/mol. The summed E-state index contributed by atoms with van der Waals surface area (Å²) < 4.78 is 0. The van der Waals surface area contributed by atoms with Crippen LogP contribution in [0, 0.1) is 0 Å². The first-order valence-corrected chi connectivity index (χ1v) is 7.32. The minimum atomic E-state index is -0.0169. The van der Waals surface area contributed by atoms with E-state index < -0.39 is 0 Å². The van der Waals surface area contributed by atoms with E-state index in [2.05, 4.69) is 28.3 Å². The third kappa shape index (κ3) is 2.14. The summed E-state index contributed by atoms with van der Waals surface area (Å²) in [5, 5.41) is 2.11. The summed E-state index contributed by atoms with van der Waals surface area (Å²) in [6.07, 6.45) is 6.55. The topological polar surface area (TPSA) is 46.1 Å². The van der Waals surface area contributed by atoms with Crippen LogP contribution in [0.3, 0.4) is 0 Å². The molecule has 0 saturated heterocycles. The van der Waals surface area contributed by atoms with Gasteiger partial charge >= 0.3 is 0 Å². The van der Waals surface area contributed by atoms with Gasteiger partial charge < -0.3 is 4.90 Å². The molecule has 2 aromatic heterocycles. The lowest BCUT2D eigenvalue weighted by molar-refractivity contribution is 0.0651. The molecule has 5 heteroatoms. The molecule has 0 saturated carbocycles. The molecule has 0 N–H and O–H groups in total. The van der Waals surface area contributed by atoms with Crippen molar-refractivity contribution in [2.45, 2.75) is 25.8 Å². The summed E-state index contributed by atoms with van der Waals surface area (Å²) in [5.74, 6) is -0.0169. The van der Waals surface area contributed by atoms with Gasteiger partial charge in [0.1, 0.15) is 5.69 Å². The summed E-state index contributed by atoms with van der Waals surface area (Å²) in [5.41, 5.74) is 1.73. The van der Waals surface area contributed by atoms with Gasteiger partial charge in [0.15, 0.2) is 0 Å². The number of rotatable bonds is 2. The highest BCUT2D eigenvalue weighted by Crippen LogP contribution is 2.35. The van der Waals surface area contributed by atoms with Crippen molar-refractivity contribution < 1.29 is 4.79 Å². The summed E-state index contributed by atoms with van der Waals surface area (Å²) in [4.78, 5) is 24.0. The Bertz CT molecular complexity index is 581. The van der Waals surface area contributed by atoms with Gasteiger partial charge in [-0.1, -0.05) is 6.92 Å². The van der Waals surface area contributed by atoms with Crippen molar-refractivity contribution >= 4 is 17.2 Å². The highest BCUT2D eigenvalue weighted by atomic mass is 32.1. The predicted octanol–water partition coefficient (Wildman–Crippen LogP) is 2.69. The van der Waals surface area contributed by atoms with Crippen LogP contribution in [0.4, 0.5) is 0 Å². The second kappa shape index (κ2) is 5.09. The second-order valence-corrected chi connectivity index (χ2v) is 5.56. The van der Waals surface area contributed by atoms with E-state index in [0.717, 1.165) is 19.4 Å². The van der Waals surface area contributed by atoms with E-state index in [1.54, 1.807) is 23.7 Å². The molecule has 1 aliphatic heterocycles. The van der Waals surface area contributed by atoms with E-state index in [1.165, 1.54) is 16.6 Å². The van der Waals surface area contributed by atoms with Crippen molar-refractivity contribution in [3.63, 3.8) is 0 Å². The predicted molar refractivity (Wildman–Crippen MR) is 74.1 cm³/mol. The third-order valence-electron chi connectivity index (χ3n) is 3.52. The largest absolute Gasteiger partial charge is 0.330 e. The molecule has 3 heterocycles. The first-order chi connectivity index (χ1) is 9.31. The molecule has 0 radical (unpaired) electrons. The number of hydrogen-bond acceptors (Lipinski definition) is 4. The molecule has 0 fully saturated rings. The Morgan fingerprint density at radius 3 is 3.16 bits per heavy atom. The second-order valence-electron chi connectivity index (χ2n) is 4.56. The number of amides is 1. The molecule has 0 unspecified atom stereocenters. The van der Waals surface area contributed by atoms with Crippen molar-refractivity contribution in [2.75, 3.05) is 6.54 Å². The van der Waals surface area contributed by atoms with Gasteiger partial charge in [-0.3, -0.25) is 9.78 Å². The molecule has 4 nitrogen and oxygen atoms in total. The van der Waals surface area contributed by atoms with Gasteiger partial charge in [0, 0.05) is 23.8 Å². The van der Waals surface area contributed by atoms with Crippen LogP contribution in [-0.2, 0) is 6.42 Å². The van der Waals surface area contributed by atoms with Crippen LogP contribution in [0.2, 0.25) is 0 Å². The zero-order valence-electron chi connectivity index (χ0n) is 10.7. The molecule has 98 valence electrons. The zero-order valence-corrected chi connectivity index (χ0v) is 11.6. The molecule has 2 aromatic rings. The van der Waals surface area contributed by atoms with Crippen molar-refractivity contribution in [1.29, 1.82) is 0 Å². The van der Waals surface area contributed by atoms with Crippen LogP contribution in [0.1, 0.15) is 40.3 Å². The first kappa shape index (κ1) is 12.3. The maximum absolute atomic E-state index is 12.5. The average Bonchev–Trinajstić information content (AvgIpc) is 2.94. The summed E-state index contributed by atoms with van der Waals surface area (Å²) in [6.45, 7) is 2.88. The van der Waals surface area contributed by atoms with Gasteiger partial charge in [-0.15, -0.1) is 11.3 Å². The van der Waals surface area contributed by atoms with Gasteiger partial charge in [0.05, 0.1) is 12.2 Å². The Morgan fingerprint density at radius 1 is 1.53 bits per heavy atom. The lowest BCUT2D eigenvalue weighted by Crippen LogP contribution is -2.39. The van der Waals surface area contributed by atoms with Crippen LogP contribution < -0.4 is 0 Å². The number of thiophene rings is 1. The number of hydrogen-bond donors (Lipinski definition) is 0. The maximum atomic E-state index is 12.5. The first-order valence-electron chi connectivity index (χ1n) is 6.44. The van der Waals surface area contributed by atoms with Crippen molar-refractivity contribution in [1.82, 2.24) is 14.9 Å². The monoisotopic (exact) mass is 273 g/mol. The van der Waals surface area contributed by atoms with E-state index in [1.807, 2.05) is 4.90 Å². The van der Waals surface area contributed by atoms with Gasteiger partial charge in [-0.25, -0.2) is 4.98 Å². The Labute approximate surface area is 116 Å². The maximum Gasteiger partial charge on any atom is 0.274 e. The number of nitrogens with zero attached hydrogens (tertiary/aromatic N) is 3. The number of aromatic nitrogens is 2. The SMILES string of the molecule is CC[C@H]1c2ccsc2CCN1C(=O)c1cnccn1. The van der Waals surface area contributed by atoms with E-state index in [0.29, 0.717) is 5.69 Å². The summed E-state index contributed by atoms with van der Waals surface area (Å²) in [6, 6.07) is 2.31. The van der Waals surface area contributed by atoms with Crippen LogP contribution >= 0.6 is 11.3 Å². The molecule has 0 aliphatic carbocycles. The number of carbonyl (C=O) groups is 1. The van der Waals surface area contributed by atoms with E-state index in [-0.39, 0.29) is 11.9 Å². The molecule has 19 heavy (non-hydrogen) atoms. The Hall–Kier alpha value is -1.75. The van der Waals surface area contributed by atoms with Gasteiger partial charge in [-0.05, 0) is 29.9 Å². The van der Waals surface area contributed by atoms with Crippen molar-refractivity contribution in [3.05, 3.63) is 46.2 Å². The quantitative estimate of drug-likeness (QED) is 0.845. The lowest BCUT2D eigenvalue weighted by atomic mass is 9.97. The van der Waals surface area contributed by atoms with E-state index in [4.69, 9.17) is 0 Å². The average molecular weight is 273 g/mol. The standard InChI is InChI=1S/C14H15N3OS/c1-2-12-10-4-8-19-13(10)3-7-17(12)14(18)11-9-15-5-6-16-11/h4-6,8-9,12H,2-3,7H2,1H3/t12-/m0/s1. The number of carbonyl (C=O) groups excluding carboxylic acids is 1. The van der Waals surface area contributed by atoms with Gasteiger partial charge in [-0.2, -0.15) is 0 Å². The molecule has 0 spiro atoms. The minimum absolute atomic E-state index is 0.0169. The van der Waals surface area contributed by atoms with Crippen LogP contribution in [0.25, 0.3) is 0 Å². The van der Waals surface area contributed by atoms with Crippen LogP contribution in [0.15, 0.2) is 30.0 Å². The summed E-state index contributed by atoms with van der Waals surface area (Å²) in [7, 11) is 0. The molecule has 1 atom stereocenters. The van der Waals surface area contributed by atoms with Gasteiger partial charge in [0.25, 0.3) is 5.91 Å². The minimum Gasteiger partial charge on any atom is -0.330 e. The highest BCUT2D eigenvalue weighted by Gasteiger charge is 2.31. The molecule has 0 bridgehead atoms. The Morgan fingerprint density at radius 2 is 2.42 bits per heavy atom. The van der Waals surface area contributed by atoms with Crippen molar-refractivity contribution in [2.24, 2.45) is 0 Å². The fourth-order valence-electron chi connectivity index (χ4n) is 2.64. The van der Waals surface area contributed by atoms with Crippen LogP contribution in [0.5, 0.6) is 0 Å². The fourth-order valence-corrected chi connectivity index (χ4v) is 3.56.